The normalized spacial score (nSPS) is 10.7. The third-order valence-electron chi connectivity index (χ3n) is 3.77. The van der Waals surface area contributed by atoms with E-state index >= 15 is 0 Å². The van der Waals surface area contributed by atoms with E-state index in [9.17, 15) is 0 Å². The van der Waals surface area contributed by atoms with E-state index in [0.717, 1.165) is 34.9 Å². The summed E-state index contributed by atoms with van der Waals surface area (Å²) in [5.74, 6) is 2.34. The second-order valence-corrected chi connectivity index (χ2v) is 5.79. The fourth-order valence-electron chi connectivity index (χ4n) is 2.37. The standard InChI is InChI=1S/C21H28N2O3/c1-4-6-7-14-26-20-13-8-17(15-21(20)25-5-2)16-22-23-18-9-11-19(24-3)12-10-18/h8-13,15-16,23H,4-7,14H2,1-3H3/b22-16+. The van der Waals surface area contributed by atoms with Gasteiger partial charge in [0.25, 0.3) is 0 Å². The van der Waals surface area contributed by atoms with Crippen LogP contribution >= 0.6 is 0 Å². The zero-order chi connectivity index (χ0) is 18.6. The first-order chi connectivity index (χ1) is 12.8. The molecule has 26 heavy (non-hydrogen) atoms. The molecule has 2 aromatic rings. The van der Waals surface area contributed by atoms with Crippen molar-refractivity contribution in [3.63, 3.8) is 0 Å². The van der Waals surface area contributed by atoms with E-state index in [1.165, 1.54) is 12.8 Å². The Morgan fingerprint density at radius 2 is 1.77 bits per heavy atom. The SMILES string of the molecule is CCCCCOc1ccc(/C=N/Nc2ccc(OC)cc2)cc1OCC. The predicted octanol–water partition coefficient (Wildman–Crippen LogP) is 5.11. The summed E-state index contributed by atoms with van der Waals surface area (Å²) in [4.78, 5) is 0. The molecule has 0 heterocycles. The van der Waals surface area contributed by atoms with Gasteiger partial charge in [-0.1, -0.05) is 19.8 Å². The molecule has 0 aliphatic carbocycles. The van der Waals surface area contributed by atoms with Crippen LogP contribution in [0, 0.1) is 0 Å². The summed E-state index contributed by atoms with van der Waals surface area (Å²) in [6.07, 6.45) is 5.16. The van der Waals surface area contributed by atoms with Crippen LogP contribution in [-0.4, -0.2) is 26.5 Å². The molecule has 0 amide bonds. The molecule has 5 heteroatoms. The molecule has 0 unspecified atom stereocenters. The molecule has 0 aromatic heterocycles. The summed E-state index contributed by atoms with van der Waals surface area (Å²) in [6, 6.07) is 13.4. The number of hydrazone groups is 1. The van der Waals surface area contributed by atoms with Crippen molar-refractivity contribution in [2.75, 3.05) is 25.7 Å². The first kappa shape index (κ1) is 19.6. The van der Waals surface area contributed by atoms with Gasteiger partial charge in [-0.2, -0.15) is 5.10 Å². The van der Waals surface area contributed by atoms with Gasteiger partial charge in [0.1, 0.15) is 5.75 Å². The molecule has 0 saturated heterocycles. The Morgan fingerprint density at radius 3 is 2.46 bits per heavy atom. The summed E-state index contributed by atoms with van der Waals surface area (Å²) in [5, 5.41) is 4.27. The third kappa shape index (κ3) is 6.31. The zero-order valence-corrected chi connectivity index (χ0v) is 15.8. The van der Waals surface area contributed by atoms with E-state index < -0.39 is 0 Å². The average Bonchev–Trinajstić information content (AvgIpc) is 2.67. The van der Waals surface area contributed by atoms with Crippen LogP contribution in [-0.2, 0) is 0 Å². The Hall–Kier alpha value is -2.69. The van der Waals surface area contributed by atoms with Crippen LogP contribution in [0.3, 0.4) is 0 Å². The number of nitrogens with one attached hydrogen (secondary N) is 1. The molecule has 1 N–H and O–H groups in total. The van der Waals surface area contributed by atoms with Crippen LogP contribution in [0.5, 0.6) is 17.2 Å². The second kappa shape index (κ2) is 11.0. The molecule has 0 saturated carbocycles. The van der Waals surface area contributed by atoms with Gasteiger partial charge in [0.2, 0.25) is 0 Å². The number of methoxy groups -OCH3 is 1. The maximum absolute atomic E-state index is 5.85. The van der Waals surface area contributed by atoms with Gasteiger partial charge in [-0.3, -0.25) is 5.43 Å². The molecule has 0 fully saturated rings. The Balaban J connectivity index is 1.98. The minimum atomic E-state index is 0.593. The van der Waals surface area contributed by atoms with Crippen LogP contribution in [0.4, 0.5) is 5.69 Å². The van der Waals surface area contributed by atoms with Crippen LogP contribution in [0.25, 0.3) is 0 Å². The molecule has 0 spiro atoms. The Morgan fingerprint density at radius 1 is 0.962 bits per heavy atom. The van der Waals surface area contributed by atoms with Gasteiger partial charge in [-0.25, -0.2) is 0 Å². The number of unbranched alkanes of at least 4 members (excludes halogenated alkanes) is 2. The lowest BCUT2D eigenvalue weighted by Gasteiger charge is -2.12. The van der Waals surface area contributed by atoms with Gasteiger partial charge in [0, 0.05) is 0 Å². The molecule has 0 aliphatic heterocycles. The molecule has 2 rings (SSSR count). The van der Waals surface area contributed by atoms with Gasteiger partial charge in [0.15, 0.2) is 11.5 Å². The van der Waals surface area contributed by atoms with Crippen molar-refractivity contribution >= 4 is 11.9 Å². The van der Waals surface area contributed by atoms with Crippen molar-refractivity contribution in [1.82, 2.24) is 0 Å². The quantitative estimate of drug-likeness (QED) is 0.345. The number of rotatable bonds is 11. The number of ether oxygens (including phenoxy) is 3. The minimum absolute atomic E-state index is 0.593. The number of nitrogens with zero attached hydrogens (tertiary/aromatic N) is 1. The number of benzene rings is 2. The molecule has 2 aromatic carbocycles. The maximum Gasteiger partial charge on any atom is 0.161 e. The summed E-state index contributed by atoms with van der Waals surface area (Å²) in [6.45, 7) is 5.45. The van der Waals surface area contributed by atoms with Crippen molar-refractivity contribution < 1.29 is 14.2 Å². The van der Waals surface area contributed by atoms with E-state index in [1.807, 2.05) is 49.4 Å². The van der Waals surface area contributed by atoms with Gasteiger partial charge >= 0.3 is 0 Å². The summed E-state index contributed by atoms with van der Waals surface area (Å²) in [7, 11) is 1.65. The molecular formula is C21H28N2O3. The highest BCUT2D eigenvalue weighted by molar-refractivity contribution is 5.81. The third-order valence-corrected chi connectivity index (χ3v) is 3.77. The van der Waals surface area contributed by atoms with Gasteiger partial charge < -0.3 is 14.2 Å². The van der Waals surface area contributed by atoms with Crippen LogP contribution in [0.1, 0.15) is 38.7 Å². The number of anilines is 1. The van der Waals surface area contributed by atoms with Crippen LogP contribution in [0.2, 0.25) is 0 Å². The van der Waals surface area contributed by atoms with E-state index in [-0.39, 0.29) is 0 Å². The Bertz CT molecular complexity index is 684. The van der Waals surface area contributed by atoms with E-state index in [1.54, 1.807) is 13.3 Å². The first-order valence-corrected chi connectivity index (χ1v) is 9.09. The second-order valence-electron chi connectivity index (χ2n) is 5.79. The Labute approximate surface area is 156 Å². The van der Waals surface area contributed by atoms with Gasteiger partial charge in [-0.05, 0) is 61.4 Å². The van der Waals surface area contributed by atoms with Crippen molar-refractivity contribution in [2.45, 2.75) is 33.1 Å². The fraction of sp³-hybridized carbons (Fsp3) is 0.381. The lowest BCUT2D eigenvalue weighted by atomic mass is 10.2. The first-order valence-electron chi connectivity index (χ1n) is 9.09. The predicted molar refractivity (Wildman–Crippen MR) is 107 cm³/mol. The van der Waals surface area contributed by atoms with Crippen molar-refractivity contribution in [3.8, 4) is 17.2 Å². The fourth-order valence-corrected chi connectivity index (χ4v) is 2.37. The molecule has 0 atom stereocenters. The van der Waals surface area contributed by atoms with Gasteiger partial charge in [0.05, 0.1) is 32.2 Å². The Kier molecular flexibility index (Phi) is 8.33. The average molecular weight is 356 g/mol. The van der Waals surface area contributed by atoms with Crippen molar-refractivity contribution in [3.05, 3.63) is 48.0 Å². The molecule has 0 radical (unpaired) electrons. The number of hydrogen-bond acceptors (Lipinski definition) is 5. The maximum atomic E-state index is 5.85. The molecular weight excluding hydrogens is 328 g/mol. The highest BCUT2D eigenvalue weighted by Crippen LogP contribution is 2.28. The zero-order valence-electron chi connectivity index (χ0n) is 15.8. The summed E-state index contributed by atoms with van der Waals surface area (Å²) >= 11 is 0. The van der Waals surface area contributed by atoms with Crippen LogP contribution in [0.15, 0.2) is 47.6 Å². The summed E-state index contributed by atoms with van der Waals surface area (Å²) < 4.78 is 16.7. The summed E-state index contributed by atoms with van der Waals surface area (Å²) in [5.41, 5.74) is 4.83. The minimum Gasteiger partial charge on any atom is -0.497 e. The van der Waals surface area contributed by atoms with Crippen LogP contribution < -0.4 is 19.6 Å². The van der Waals surface area contributed by atoms with Crippen molar-refractivity contribution in [2.24, 2.45) is 5.10 Å². The molecule has 0 aliphatic rings. The van der Waals surface area contributed by atoms with Crippen molar-refractivity contribution in [1.29, 1.82) is 0 Å². The highest BCUT2D eigenvalue weighted by Gasteiger charge is 2.06. The molecule has 5 nitrogen and oxygen atoms in total. The lowest BCUT2D eigenvalue weighted by molar-refractivity contribution is 0.271. The lowest BCUT2D eigenvalue weighted by Crippen LogP contribution is -2.01. The largest absolute Gasteiger partial charge is 0.497 e. The topological polar surface area (TPSA) is 52.1 Å². The van der Waals surface area contributed by atoms with E-state index in [0.29, 0.717) is 13.2 Å². The smallest absolute Gasteiger partial charge is 0.161 e. The van der Waals surface area contributed by atoms with E-state index in [4.69, 9.17) is 14.2 Å². The highest BCUT2D eigenvalue weighted by atomic mass is 16.5. The number of hydrogen-bond donors (Lipinski definition) is 1. The van der Waals surface area contributed by atoms with Gasteiger partial charge in [-0.15, -0.1) is 0 Å². The molecule has 140 valence electrons. The monoisotopic (exact) mass is 356 g/mol. The van der Waals surface area contributed by atoms with E-state index in [2.05, 4.69) is 17.5 Å². The molecule has 0 bridgehead atoms.